The summed E-state index contributed by atoms with van der Waals surface area (Å²) in [5.41, 5.74) is -0.762. The first kappa shape index (κ1) is 17.7. The summed E-state index contributed by atoms with van der Waals surface area (Å²) in [6.07, 6.45) is 4.52. The zero-order valence-corrected chi connectivity index (χ0v) is 13.8. The number of carbonyl (C=O) groups excluding carboxylic acids is 2. The highest BCUT2D eigenvalue weighted by Crippen LogP contribution is 2.37. The van der Waals surface area contributed by atoms with E-state index < -0.39 is 17.4 Å². The minimum absolute atomic E-state index is 0.203. The van der Waals surface area contributed by atoms with Gasteiger partial charge in [0.05, 0.1) is 6.61 Å². The molecular weight excluding hydrogens is 270 g/mol. The number of ether oxygens (including phenoxy) is 1. The number of esters is 1. The summed E-state index contributed by atoms with van der Waals surface area (Å²) in [6, 6.07) is 0. The molecule has 0 aliphatic heterocycles. The first-order valence-electron chi connectivity index (χ1n) is 7.72. The molecule has 1 saturated carbocycles. The molecule has 0 aromatic rings. The first-order chi connectivity index (χ1) is 9.77. The molecule has 1 rings (SSSR count). The van der Waals surface area contributed by atoms with E-state index in [0.29, 0.717) is 5.92 Å². The number of rotatable bonds is 6. The van der Waals surface area contributed by atoms with Gasteiger partial charge in [-0.3, -0.25) is 4.79 Å². The van der Waals surface area contributed by atoms with Crippen molar-refractivity contribution in [1.29, 1.82) is 0 Å². The number of nitrogens with zero attached hydrogens (tertiary/aromatic N) is 1. The van der Waals surface area contributed by atoms with Gasteiger partial charge < -0.3 is 9.57 Å². The Kier molecular flexibility index (Phi) is 6.37. The SMILES string of the molecule is CCOC(=O)/C(=N/OC(C)(C)C1CCC(C)CC1)C(C)=O. The van der Waals surface area contributed by atoms with Crippen molar-refractivity contribution in [3.63, 3.8) is 0 Å². The Bertz CT molecular complexity index is 407. The zero-order valence-electron chi connectivity index (χ0n) is 13.8. The summed E-state index contributed by atoms with van der Waals surface area (Å²) in [6.45, 7) is 9.35. The lowest BCUT2D eigenvalue weighted by Crippen LogP contribution is -2.36. The molecule has 5 heteroatoms. The molecule has 0 saturated heterocycles. The summed E-state index contributed by atoms with van der Waals surface area (Å²) in [5.74, 6) is -0.0275. The summed E-state index contributed by atoms with van der Waals surface area (Å²) >= 11 is 0. The number of ketones is 1. The Morgan fingerprint density at radius 3 is 2.24 bits per heavy atom. The van der Waals surface area contributed by atoms with Gasteiger partial charge in [0.1, 0.15) is 5.60 Å². The van der Waals surface area contributed by atoms with Crippen molar-refractivity contribution < 1.29 is 19.2 Å². The van der Waals surface area contributed by atoms with Crippen LogP contribution in [-0.4, -0.2) is 29.7 Å². The van der Waals surface area contributed by atoms with Gasteiger partial charge in [0.25, 0.3) is 0 Å². The van der Waals surface area contributed by atoms with Crippen LogP contribution in [0.5, 0.6) is 0 Å². The molecule has 0 bridgehead atoms. The molecule has 0 aromatic heterocycles. The van der Waals surface area contributed by atoms with E-state index in [4.69, 9.17) is 9.57 Å². The highest BCUT2D eigenvalue weighted by molar-refractivity contribution is 6.63. The molecule has 5 nitrogen and oxygen atoms in total. The van der Waals surface area contributed by atoms with Crippen LogP contribution in [0.4, 0.5) is 0 Å². The fourth-order valence-corrected chi connectivity index (χ4v) is 2.64. The maximum atomic E-state index is 11.7. The number of oxime groups is 1. The molecule has 120 valence electrons. The monoisotopic (exact) mass is 297 g/mol. The Morgan fingerprint density at radius 1 is 1.19 bits per heavy atom. The van der Waals surface area contributed by atoms with Gasteiger partial charge >= 0.3 is 5.97 Å². The van der Waals surface area contributed by atoms with Crippen LogP contribution >= 0.6 is 0 Å². The molecule has 0 unspecified atom stereocenters. The normalized spacial score (nSPS) is 23.6. The Hall–Kier alpha value is -1.39. The van der Waals surface area contributed by atoms with Gasteiger partial charge in [-0.05, 0) is 39.5 Å². The molecule has 1 aliphatic rings. The molecule has 0 radical (unpaired) electrons. The van der Waals surface area contributed by atoms with Crippen molar-refractivity contribution in [3.8, 4) is 0 Å². The summed E-state index contributed by atoms with van der Waals surface area (Å²) in [7, 11) is 0. The summed E-state index contributed by atoms with van der Waals surface area (Å²) in [5, 5.41) is 3.80. The number of carbonyl (C=O) groups is 2. The molecule has 21 heavy (non-hydrogen) atoms. The highest BCUT2D eigenvalue weighted by atomic mass is 16.7. The van der Waals surface area contributed by atoms with E-state index in [1.54, 1.807) is 6.92 Å². The third kappa shape index (κ3) is 5.14. The lowest BCUT2D eigenvalue weighted by atomic mass is 9.75. The van der Waals surface area contributed by atoms with E-state index in [1.165, 1.54) is 19.8 Å². The second kappa shape index (κ2) is 7.57. The van der Waals surface area contributed by atoms with Crippen molar-refractivity contribution in [2.24, 2.45) is 17.0 Å². The van der Waals surface area contributed by atoms with E-state index in [1.807, 2.05) is 13.8 Å². The zero-order chi connectivity index (χ0) is 16.0. The van der Waals surface area contributed by atoms with E-state index in [9.17, 15) is 9.59 Å². The van der Waals surface area contributed by atoms with Crippen LogP contribution in [0, 0.1) is 11.8 Å². The lowest BCUT2D eigenvalue weighted by molar-refractivity contribution is -0.136. The molecule has 0 amide bonds. The molecule has 0 N–H and O–H groups in total. The van der Waals surface area contributed by atoms with Gasteiger partial charge in [-0.25, -0.2) is 4.79 Å². The smallest absolute Gasteiger partial charge is 0.364 e. The van der Waals surface area contributed by atoms with Crippen LogP contribution in [0.2, 0.25) is 0 Å². The third-order valence-electron chi connectivity index (χ3n) is 4.17. The summed E-state index contributed by atoms with van der Waals surface area (Å²) < 4.78 is 4.82. The van der Waals surface area contributed by atoms with Crippen LogP contribution in [0.3, 0.4) is 0 Å². The maximum absolute atomic E-state index is 11.7. The van der Waals surface area contributed by atoms with E-state index in [-0.39, 0.29) is 12.3 Å². The highest BCUT2D eigenvalue weighted by Gasteiger charge is 2.35. The van der Waals surface area contributed by atoms with Crippen molar-refractivity contribution in [2.75, 3.05) is 6.61 Å². The van der Waals surface area contributed by atoms with E-state index in [0.717, 1.165) is 18.8 Å². The fourth-order valence-electron chi connectivity index (χ4n) is 2.64. The molecule has 0 atom stereocenters. The number of hydrogen-bond donors (Lipinski definition) is 0. The predicted molar refractivity (Wildman–Crippen MR) is 81.0 cm³/mol. The van der Waals surface area contributed by atoms with Crippen molar-refractivity contribution in [1.82, 2.24) is 0 Å². The van der Waals surface area contributed by atoms with E-state index in [2.05, 4.69) is 12.1 Å². The van der Waals surface area contributed by atoms with Crippen molar-refractivity contribution >= 4 is 17.5 Å². The van der Waals surface area contributed by atoms with Crippen LogP contribution in [0.15, 0.2) is 5.16 Å². The molecular formula is C16H27NO4. The minimum atomic E-state index is -0.724. The van der Waals surface area contributed by atoms with Crippen LogP contribution in [0.1, 0.15) is 60.3 Å². The topological polar surface area (TPSA) is 65.0 Å². The second-order valence-corrected chi connectivity index (χ2v) is 6.37. The second-order valence-electron chi connectivity index (χ2n) is 6.37. The molecule has 0 spiro atoms. The number of hydrogen-bond acceptors (Lipinski definition) is 5. The van der Waals surface area contributed by atoms with E-state index >= 15 is 0 Å². The Morgan fingerprint density at radius 2 is 1.76 bits per heavy atom. The Balaban J connectivity index is 2.73. The molecule has 1 aliphatic carbocycles. The number of Topliss-reactive ketones (excluding diaryl/α,β-unsaturated/α-hetero) is 1. The quantitative estimate of drug-likeness (QED) is 0.327. The average molecular weight is 297 g/mol. The molecule has 0 aromatic carbocycles. The largest absolute Gasteiger partial charge is 0.461 e. The molecule has 0 heterocycles. The Labute approximate surface area is 127 Å². The standard InChI is InChI=1S/C16H27NO4/c1-6-20-15(19)14(12(3)18)17-21-16(4,5)13-9-7-11(2)8-10-13/h11,13H,6-10H2,1-5H3/b17-14+. The predicted octanol–water partition coefficient (Wildman–Crippen LogP) is 3.12. The first-order valence-corrected chi connectivity index (χ1v) is 7.72. The third-order valence-corrected chi connectivity index (χ3v) is 4.17. The summed E-state index contributed by atoms with van der Waals surface area (Å²) in [4.78, 5) is 28.7. The van der Waals surface area contributed by atoms with Crippen molar-refractivity contribution in [2.45, 2.75) is 65.9 Å². The van der Waals surface area contributed by atoms with Gasteiger partial charge in [-0.2, -0.15) is 0 Å². The molecule has 1 fully saturated rings. The minimum Gasteiger partial charge on any atom is -0.461 e. The van der Waals surface area contributed by atoms with Gasteiger partial charge in [0.2, 0.25) is 5.71 Å². The maximum Gasteiger partial charge on any atom is 0.364 e. The van der Waals surface area contributed by atoms with Gasteiger partial charge in [0, 0.05) is 12.8 Å². The van der Waals surface area contributed by atoms with Gasteiger partial charge in [-0.1, -0.05) is 24.9 Å². The fraction of sp³-hybridized carbons (Fsp3) is 0.812. The van der Waals surface area contributed by atoms with Crippen molar-refractivity contribution in [3.05, 3.63) is 0 Å². The van der Waals surface area contributed by atoms with Gasteiger partial charge in [-0.15, -0.1) is 0 Å². The average Bonchev–Trinajstić information content (AvgIpc) is 2.39. The van der Waals surface area contributed by atoms with Gasteiger partial charge in [0.15, 0.2) is 5.78 Å². The lowest BCUT2D eigenvalue weighted by Gasteiger charge is -2.36. The van der Waals surface area contributed by atoms with Crippen LogP contribution < -0.4 is 0 Å². The van der Waals surface area contributed by atoms with Crippen LogP contribution in [0.25, 0.3) is 0 Å². The van der Waals surface area contributed by atoms with Crippen LogP contribution in [-0.2, 0) is 19.2 Å².